The van der Waals surface area contributed by atoms with E-state index in [1.807, 2.05) is 17.0 Å². The molecule has 1 saturated carbocycles. The summed E-state index contributed by atoms with van der Waals surface area (Å²) in [6.45, 7) is 2.70. The summed E-state index contributed by atoms with van der Waals surface area (Å²) in [6.07, 6.45) is 10.5. The van der Waals surface area contributed by atoms with Gasteiger partial charge in [0, 0.05) is 43.2 Å². The molecule has 28 heavy (non-hydrogen) atoms. The van der Waals surface area contributed by atoms with Crippen LogP contribution in [0.4, 0.5) is 0 Å². The lowest BCUT2D eigenvalue weighted by Crippen LogP contribution is -2.48. The summed E-state index contributed by atoms with van der Waals surface area (Å²) < 4.78 is 5.65. The van der Waals surface area contributed by atoms with Gasteiger partial charge in [0.2, 0.25) is 11.8 Å². The van der Waals surface area contributed by atoms with Crippen LogP contribution in [0, 0.1) is 17.8 Å². The van der Waals surface area contributed by atoms with E-state index >= 15 is 0 Å². The second-order valence-corrected chi connectivity index (χ2v) is 8.55. The summed E-state index contributed by atoms with van der Waals surface area (Å²) in [5.74, 6) is 0.987. The standard InChI is InChI=1S/C22H31N3O3/c26-21(17-7-11-25(12-8-17)22(27)18-3-1-2-4-18)24-20-15-28-14-19(20)13-16-5-9-23-10-6-16/h5-6,9-10,17-20H,1-4,7-8,11-15H2,(H,24,26)/t19-,20+/m1/s1. The fourth-order valence-corrected chi connectivity index (χ4v) is 4.87. The molecule has 2 atom stereocenters. The van der Waals surface area contributed by atoms with Crippen molar-refractivity contribution in [1.82, 2.24) is 15.2 Å². The highest BCUT2D eigenvalue weighted by Crippen LogP contribution is 2.29. The number of nitrogens with zero attached hydrogens (tertiary/aromatic N) is 2. The van der Waals surface area contributed by atoms with Gasteiger partial charge in [-0.15, -0.1) is 0 Å². The number of amides is 2. The topological polar surface area (TPSA) is 71.5 Å². The van der Waals surface area contributed by atoms with Gasteiger partial charge in [-0.3, -0.25) is 14.6 Å². The molecule has 0 bridgehead atoms. The number of carbonyl (C=O) groups is 2. The monoisotopic (exact) mass is 385 g/mol. The summed E-state index contributed by atoms with van der Waals surface area (Å²) >= 11 is 0. The van der Waals surface area contributed by atoms with Gasteiger partial charge in [0.1, 0.15) is 0 Å². The van der Waals surface area contributed by atoms with Crippen LogP contribution in [0.2, 0.25) is 0 Å². The molecule has 6 nitrogen and oxygen atoms in total. The highest BCUT2D eigenvalue weighted by Gasteiger charge is 2.35. The molecule has 0 spiro atoms. The molecule has 3 fully saturated rings. The first-order valence-electron chi connectivity index (χ1n) is 10.8. The van der Waals surface area contributed by atoms with Crippen LogP contribution in [0.25, 0.3) is 0 Å². The van der Waals surface area contributed by atoms with Crippen molar-refractivity contribution in [1.29, 1.82) is 0 Å². The SMILES string of the molecule is O=C(N[C@H]1COC[C@H]1Cc1ccncc1)C1CCN(C(=O)C2CCCC2)CC1. The van der Waals surface area contributed by atoms with Gasteiger partial charge >= 0.3 is 0 Å². The molecule has 3 heterocycles. The van der Waals surface area contributed by atoms with Crippen LogP contribution in [0.1, 0.15) is 44.1 Å². The van der Waals surface area contributed by atoms with E-state index in [9.17, 15) is 9.59 Å². The summed E-state index contributed by atoms with van der Waals surface area (Å²) in [6, 6.07) is 4.11. The zero-order valence-corrected chi connectivity index (χ0v) is 16.5. The molecule has 0 radical (unpaired) electrons. The third-order valence-corrected chi connectivity index (χ3v) is 6.66. The first-order chi connectivity index (χ1) is 13.7. The second kappa shape index (κ2) is 9.03. The number of rotatable bonds is 5. The van der Waals surface area contributed by atoms with E-state index in [-0.39, 0.29) is 23.8 Å². The zero-order valence-electron chi connectivity index (χ0n) is 16.5. The Morgan fingerprint density at radius 3 is 2.46 bits per heavy atom. The molecular formula is C22H31N3O3. The number of piperidine rings is 1. The van der Waals surface area contributed by atoms with Gasteiger partial charge in [-0.05, 0) is 49.8 Å². The van der Waals surface area contributed by atoms with Crippen molar-refractivity contribution in [2.75, 3.05) is 26.3 Å². The predicted octanol–water partition coefficient (Wildman–Crippen LogP) is 2.18. The number of ether oxygens (including phenoxy) is 1. The normalized spacial score (nSPS) is 26.5. The number of hydrogen-bond acceptors (Lipinski definition) is 4. The van der Waals surface area contributed by atoms with E-state index in [0.717, 1.165) is 45.2 Å². The van der Waals surface area contributed by atoms with Crippen molar-refractivity contribution in [2.24, 2.45) is 17.8 Å². The van der Waals surface area contributed by atoms with Crippen LogP contribution in [-0.2, 0) is 20.7 Å². The van der Waals surface area contributed by atoms with E-state index in [1.165, 1.54) is 18.4 Å². The van der Waals surface area contributed by atoms with Gasteiger partial charge in [0.05, 0.1) is 19.3 Å². The Labute approximate surface area is 167 Å². The van der Waals surface area contributed by atoms with E-state index < -0.39 is 0 Å². The van der Waals surface area contributed by atoms with Crippen LogP contribution >= 0.6 is 0 Å². The van der Waals surface area contributed by atoms with Crippen molar-refractivity contribution in [3.05, 3.63) is 30.1 Å². The molecule has 0 aromatic carbocycles. The van der Waals surface area contributed by atoms with E-state index in [0.29, 0.717) is 25.0 Å². The molecule has 152 valence electrons. The summed E-state index contributed by atoms with van der Waals surface area (Å²) in [5.41, 5.74) is 1.23. The lowest BCUT2D eigenvalue weighted by molar-refractivity contribution is -0.139. The van der Waals surface area contributed by atoms with Crippen LogP contribution in [0.15, 0.2) is 24.5 Å². The van der Waals surface area contributed by atoms with Gasteiger partial charge in [-0.25, -0.2) is 0 Å². The number of likely N-dealkylation sites (tertiary alicyclic amines) is 1. The molecular weight excluding hydrogens is 354 g/mol. The fourth-order valence-electron chi connectivity index (χ4n) is 4.87. The van der Waals surface area contributed by atoms with Crippen molar-refractivity contribution in [3.8, 4) is 0 Å². The van der Waals surface area contributed by atoms with Gasteiger partial charge < -0.3 is 15.0 Å². The number of pyridine rings is 1. The molecule has 2 saturated heterocycles. The fraction of sp³-hybridized carbons (Fsp3) is 0.682. The minimum atomic E-state index is 0.00908. The first-order valence-corrected chi connectivity index (χ1v) is 10.8. The van der Waals surface area contributed by atoms with E-state index in [1.54, 1.807) is 12.4 Å². The lowest BCUT2D eigenvalue weighted by atomic mass is 9.92. The Hall–Kier alpha value is -1.95. The van der Waals surface area contributed by atoms with Crippen LogP contribution < -0.4 is 5.32 Å². The molecule has 2 aliphatic heterocycles. The van der Waals surface area contributed by atoms with Crippen LogP contribution in [0.3, 0.4) is 0 Å². The first kappa shape index (κ1) is 19.4. The molecule has 1 aromatic rings. The molecule has 6 heteroatoms. The maximum Gasteiger partial charge on any atom is 0.225 e. The van der Waals surface area contributed by atoms with Crippen molar-refractivity contribution >= 4 is 11.8 Å². The molecule has 3 aliphatic rings. The molecule has 2 amide bonds. The van der Waals surface area contributed by atoms with E-state index in [2.05, 4.69) is 10.3 Å². The van der Waals surface area contributed by atoms with Crippen molar-refractivity contribution < 1.29 is 14.3 Å². The number of hydrogen-bond donors (Lipinski definition) is 1. The van der Waals surface area contributed by atoms with Gasteiger partial charge in [0.15, 0.2) is 0 Å². The minimum absolute atomic E-state index is 0.00908. The van der Waals surface area contributed by atoms with Gasteiger partial charge in [-0.1, -0.05) is 12.8 Å². The van der Waals surface area contributed by atoms with E-state index in [4.69, 9.17) is 4.74 Å². The molecule has 4 rings (SSSR count). The average Bonchev–Trinajstić information content (AvgIpc) is 3.41. The predicted molar refractivity (Wildman–Crippen MR) is 105 cm³/mol. The second-order valence-electron chi connectivity index (χ2n) is 8.55. The Morgan fingerprint density at radius 2 is 1.75 bits per heavy atom. The van der Waals surface area contributed by atoms with Gasteiger partial charge in [0.25, 0.3) is 0 Å². The number of aromatic nitrogens is 1. The van der Waals surface area contributed by atoms with Crippen molar-refractivity contribution in [2.45, 2.75) is 51.0 Å². The average molecular weight is 386 g/mol. The van der Waals surface area contributed by atoms with Crippen molar-refractivity contribution in [3.63, 3.8) is 0 Å². The van der Waals surface area contributed by atoms with Crippen LogP contribution in [0.5, 0.6) is 0 Å². The third-order valence-electron chi connectivity index (χ3n) is 6.66. The molecule has 0 unspecified atom stereocenters. The smallest absolute Gasteiger partial charge is 0.225 e. The Morgan fingerprint density at radius 1 is 1.04 bits per heavy atom. The molecule has 1 aromatic heterocycles. The highest BCUT2D eigenvalue weighted by atomic mass is 16.5. The lowest BCUT2D eigenvalue weighted by Gasteiger charge is -2.33. The quantitative estimate of drug-likeness (QED) is 0.843. The largest absolute Gasteiger partial charge is 0.379 e. The summed E-state index contributed by atoms with van der Waals surface area (Å²) in [5, 5.41) is 3.24. The number of nitrogens with one attached hydrogen (secondary N) is 1. The Balaban J connectivity index is 1.25. The third kappa shape index (κ3) is 4.54. The maximum absolute atomic E-state index is 12.8. The van der Waals surface area contributed by atoms with Gasteiger partial charge in [-0.2, -0.15) is 0 Å². The molecule has 1 N–H and O–H groups in total. The minimum Gasteiger partial charge on any atom is -0.379 e. The summed E-state index contributed by atoms with van der Waals surface area (Å²) in [4.78, 5) is 31.4. The molecule has 1 aliphatic carbocycles. The zero-order chi connectivity index (χ0) is 19.3. The highest BCUT2D eigenvalue weighted by molar-refractivity contribution is 5.81. The Kier molecular flexibility index (Phi) is 6.25. The number of carbonyl (C=O) groups excluding carboxylic acids is 2. The maximum atomic E-state index is 12.8. The Bertz CT molecular complexity index is 667. The van der Waals surface area contributed by atoms with Crippen LogP contribution in [-0.4, -0.2) is 54.0 Å². The summed E-state index contributed by atoms with van der Waals surface area (Å²) in [7, 11) is 0.